The number of halogens is 2. The van der Waals surface area contributed by atoms with Gasteiger partial charge in [-0.05, 0) is 23.6 Å². The zero-order chi connectivity index (χ0) is 15.4. The maximum atomic E-state index is 13.5. The van der Waals surface area contributed by atoms with Crippen LogP contribution in [0.1, 0.15) is 15.2 Å². The molecular weight excluding hydrogens is 300 g/mol. The van der Waals surface area contributed by atoms with Crippen LogP contribution in [0.25, 0.3) is 0 Å². The molecule has 1 amide bonds. The number of carbonyl (C=O) groups is 2. The number of benzene rings is 1. The number of hydrogen-bond donors (Lipinski definition) is 1. The van der Waals surface area contributed by atoms with E-state index in [1.54, 1.807) is 5.38 Å². The molecule has 2 aromatic rings. The highest BCUT2D eigenvalue weighted by Crippen LogP contribution is 2.23. The van der Waals surface area contributed by atoms with E-state index in [0.717, 1.165) is 23.5 Å². The van der Waals surface area contributed by atoms with Crippen molar-refractivity contribution >= 4 is 28.9 Å². The maximum absolute atomic E-state index is 13.5. The summed E-state index contributed by atoms with van der Waals surface area (Å²) >= 11 is 1.10. The lowest BCUT2D eigenvalue weighted by Gasteiger charge is -2.07. The van der Waals surface area contributed by atoms with Crippen LogP contribution in [0.3, 0.4) is 0 Å². The van der Waals surface area contributed by atoms with Crippen LogP contribution in [0.15, 0.2) is 29.6 Å². The number of ether oxygens (including phenoxy) is 1. The molecule has 1 aromatic heterocycles. The van der Waals surface area contributed by atoms with Crippen LogP contribution in [-0.2, 0) is 16.0 Å². The molecule has 0 unspecified atom stereocenters. The Morgan fingerprint density at radius 1 is 1.24 bits per heavy atom. The molecule has 1 heterocycles. The van der Waals surface area contributed by atoms with Gasteiger partial charge in [-0.3, -0.25) is 4.79 Å². The van der Waals surface area contributed by atoms with Gasteiger partial charge >= 0.3 is 5.97 Å². The Hall–Kier alpha value is -2.28. The van der Waals surface area contributed by atoms with Gasteiger partial charge in [0.1, 0.15) is 16.5 Å². The molecule has 1 N–H and O–H groups in total. The van der Waals surface area contributed by atoms with Crippen LogP contribution in [-0.4, -0.2) is 19.0 Å². The first kappa shape index (κ1) is 15.1. The first-order valence-electron chi connectivity index (χ1n) is 5.91. The average Bonchev–Trinajstić information content (AvgIpc) is 2.90. The number of nitrogens with one attached hydrogen (secondary N) is 1. The first-order valence-corrected chi connectivity index (χ1v) is 6.79. The highest BCUT2D eigenvalue weighted by molar-refractivity contribution is 7.12. The summed E-state index contributed by atoms with van der Waals surface area (Å²) in [5.41, 5.74) is -0.0570. The van der Waals surface area contributed by atoms with Crippen molar-refractivity contribution in [3.63, 3.8) is 0 Å². The molecule has 4 nitrogen and oxygen atoms in total. The fourth-order valence-corrected chi connectivity index (χ4v) is 2.48. The van der Waals surface area contributed by atoms with Crippen LogP contribution < -0.4 is 5.32 Å². The molecule has 0 radical (unpaired) electrons. The first-order chi connectivity index (χ1) is 10.0. The molecule has 1 aromatic carbocycles. The maximum Gasteiger partial charge on any atom is 0.350 e. The normalized spacial score (nSPS) is 10.2. The Labute approximate surface area is 123 Å². The van der Waals surface area contributed by atoms with Crippen molar-refractivity contribution in [2.24, 2.45) is 0 Å². The minimum Gasteiger partial charge on any atom is -0.465 e. The summed E-state index contributed by atoms with van der Waals surface area (Å²) < 4.78 is 31.5. The molecule has 21 heavy (non-hydrogen) atoms. The Morgan fingerprint density at radius 2 is 1.90 bits per heavy atom. The number of amides is 1. The van der Waals surface area contributed by atoms with Gasteiger partial charge in [-0.2, -0.15) is 0 Å². The minimum absolute atomic E-state index is 0.222. The van der Waals surface area contributed by atoms with E-state index in [9.17, 15) is 18.4 Å². The van der Waals surface area contributed by atoms with E-state index in [0.29, 0.717) is 0 Å². The number of esters is 1. The summed E-state index contributed by atoms with van der Waals surface area (Å²) in [4.78, 5) is 23.5. The van der Waals surface area contributed by atoms with Crippen molar-refractivity contribution < 1.29 is 23.1 Å². The van der Waals surface area contributed by atoms with Crippen molar-refractivity contribution in [3.8, 4) is 0 Å². The number of thiophene rings is 1. The second kappa shape index (κ2) is 6.45. The van der Waals surface area contributed by atoms with Crippen molar-refractivity contribution in [1.82, 2.24) is 0 Å². The van der Waals surface area contributed by atoms with E-state index >= 15 is 0 Å². The monoisotopic (exact) mass is 311 g/mol. The summed E-state index contributed by atoms with van der Waals surface area (Å²) in [6, 6.07) is 4.90. The van der Waals surface area contributed by atoms with Gasteiger partial charge in [-0.1, -0.05) is 6.07 Å². The molecule has 0 bridgehead atoms. The highest BCUT2D eigenvalue weighted by Gasteiger charge is 2.17. The summed E-state index contributed by atoms with van der Waals surface area (Å²) in [5, 5.41) is 4.05. The predicted octanol–water partition coefficient (Wildman–Crippen LogP) is 2.99. The summed E-state index contributed by atoms with van der Waals surface area (Å²) in [5.74, 6) is -2.78. The van der Waals surface area contributed by atoms with E-state index in [4.69, 9.17) is 0 Å². The van der Waals surface area contributed by atoms with Crippen molar-refractivity contribution in [2.45, 2.75) is 6.42 Å². The molecule has 0 aliphatic heterocycles. The van der Waals surface area contributed by atoms with Crippen LogP contribution in [0, 0.1) is 11.6 Å². The molecule has 110 valence electrons. The van der Waals surface area contributed by atoms with E-state index in [1.165, 1.54) is 19.2 Å². The quantitative estimate of drug-likeness (QED) is 0.883. The van der Waals surface area contributed by atoms with Crippen LogP contribution in [0.4, 0.5) is 14.5 Å². The van der Waals surface area contributed by atoms with Crippen LogP contribution >= 0.6 is 11.3 Å². The summed E-state index contributed by atoms with van der Waals surface area (Å²) in [6.45, 7) is 0. The van der Waals surface area contributed by atoms with Gasteiger partial charge < -0.3 is 10.1 Å². The lowest BCUT2D eigenvalue weighted by Crippen LogP contribution is -2.17. The molecule has 0 aliphatic carbocycles. The standard InChI is InChI=1S/C14H11F2NO3S/c1-20-14(19)13-11(5-6-21-13)17-12(18)7-8-9(15)3-2-4-10(8)16/h2-6H,7H2,1H3,(H,17,18). The van der Waals surface area contributed by atoms with Gasteiger partial charge in [0.15, 0.2) is 0 Å². The number of methoxy groups -OCH3 is 1. The van der Waals surface area contributed by atoms with Gasteiger partial charge in [0.25, 0.3) is 0 Å². The predicted molar refractivity (Wildman–Crippen MR) is 74.4 cm³/mol. The highest BCUT2D eigenvalue weighted by atomic mass is 32.1. The zero-order valence-electron chi connectivity index (χ0n) is 11.0. The van der Waals surface area contributed by atoms with Crippen molar-refractivity contribution in [3.05, 3.63) is 51.7 Å². The molecule has 0 aliphatic rings. The van der Waals surface area contributed by atoms with E-state index in [2.05, 4.69) is 10.1 Å². The third-order valence-electron chi connectivity index (χ3n) is 2.71. The van der Waals surface area contributed by atoms with Gasteiger partial charge in [-0.15, -0.1) is 11.3 Å². The fourth-order valence-electron chi connectivity index (χ4n) is 1.71. The second-order valence-corrected chi connectivity index (χ2v) is 5.00. The molecule has 2 rings (SSSR count). The molecule has 0 spiro atoms. The topological polar surface area (TPSA) is 55.4 Å². The third kappa shape index (κ3) is 3.43. The Morgan fingerprint density at radius 3 is 2.52 bits per heavy atom. The Bertz CT molecular complexity index is 664. The van der Waals surface area contributed by atoms with Crippen molar-refractivity contribution in [2.75, 3.05) is 12.4 Å². The van der Waals surface area contributed by atoms with E-state index in [-0.39, 0.29) is 16.1 Å². The minimum atomic E-state index is -0.788. The molecule has 0 saturated heterocycles. The third-order valence-corrected chi connectivity index (χ3v) is 3.60. The summed E-state index contributed by atoms with van der Waals surface area (Å²) in [6.07, 6.45) is -0.463. The van der Waals surface area contributed by atoms with Gasteiger partial charge in [0, 0.05) is 5.56 Å². The average molecular weight is 311 g/mol. The summed E-state index contributed by atoms with van der Waals surface area (Å²) in [7, 11) is 1.22. The molecule has 0 fully saturated rings. The molecule has 7 heteroatoms. The van der Waals surface area contributed by atoms with Crippen LogP contribution in [0.2, 0.25) is 0 Å². The van der Waals surface area contributed by atoms with E-state index < -0.39 is 29.9 Å². The molecular formula is C14H11F2NO3S. The second-order valence-electron chi connectivity index (χ2n) is 4.08. The number of rotatable bonds is 4. The number of hydrogen-bond acceptors (Lipinski definition) is 4. The SMILES string of the molecule is COC(=O)c1sccc1NC(=O)Cc1c(F)cccc1F. The van der Waals surface area contributed by atoms with Gasteiger partial charge in [-0.25, -0.2) is 13.6 Å². The lowest BCUT2D eigenvalue weighted by atomic mass is 10.1. The Kier molecular flexibility index (Phi) is 4.64. The molecule has 0 saturated carbocycles. The largest absolute Gasteiger partial charge is 0.465 e. The lowest BCUT2D eigenvalue weighted by molar-refractivity contribution is -0.115. The van der Waals surface area contributed by atoms with Gasteiger partial charge in [0.2, 0.25) is 5.91 Å². The van der Waals surface area contributed by atoms with E-state index in [1.807, 2.05) is 0 Å². The zero-order valence-corrected chi connectivity index (χ0v) is 11.8. The van der Waals surface area contributed by atoms with Crippen molar-refractivity contribution in [1.29, 1.82) is 0 Å². The smallest absolute Gasteiger partial charge is 0.350 e. The fraction of sp³-hybridized carbons (Fsp3) is 0.143. The van der Waals surface area contributed by atoms with Crippen LogP contribution in [0.5, 0.6) is 0 Å². The molecule has 0 atom stereocenters. The number of carbonyl (C=O) groups excluding carboxylic acids is 2. The Balaban J connectivity index is 2.13. The van der Waals surface area contributed by atoms with Gasteiger partial charge in [0.05, 0.1) is 19.2 Å². The number of anilines is 1.